The van der Waals surface area contributed by atoms with E-state index in [0.717, 1.165) is 38.2 Å². The average Bonchev–Trinajstić information content (AvgIpc) is 2.66. The quantitative estimate of drug-likeness (QED) is 0.493. The summed E-state index contributed by atoms with van der Waals surface area (Å²) in [6, 6.07) is 18.8. The predicted molar refractivity (Wildman–Crippen MR) is 112 cm³/mol. The number of nitrogens with one attached hydrogen (secondary N) is 1. The zero-order chi connectivity index (χ0) is 18.5. The van der Waals surface area contributed by atoms with Gasteiger partial charge >= 0.3 is 5.97 Å². The van der Waals surface area contributed by atoms with Gasteiger partial charge in [0, 0.05) is 6.54 Å². The topological polar surface area (TPSA) is 58.6 Å². The lowest BCUT2D eigenvalue weighted by molar-refractivity contribution is -0.136. The van der Waals surface area contributed by atoms with Crippen LogP contribution < -0.4 is 10.1 Å². The molecule has 0 heterocycles. The van der Waals surface area contributed by atoms with Crippen LogP contribution in [0, 0.1) is 0 Å². The normalized spacial score (nSPS) is 10.2. The van der Waals surface area contributed by atoms with Crippen molar-refractivity contribution in [2.75, 3.05) is 19.7 Å². The minimum atomic E-state index is -0.765. The molecule has 0 aliphatic rings. The number of aryl methyl sites for hydroxylation is 1. The molecule has 5 heteroatoms. The van der Waals surface area contributed by atoms with Gasteiger partial charge < -0.3 is 15.2 Å². The second-order valence-electron chi connectivity index (χ2n) is 6.43. The summed E-state index contributed by atoms with van der Waals surface area (Å²) in [4.78, 5) is 10.4. The molecule has 0 unspecified atom stereocenters. The molecule has 0 saturated heterocycles. The Labute approximate surface area is 168 Å². The van der Waals surface area contributed by atoms with Crippen molar-refractivity contribution in [3.63, 3.8) is 0 Å². The number of hydrogen-bond donors (Lipinski definition) is 2. The molecular formula is C22H30ClNO3. The van der Waals surface area contributed by atoms with E-state index in [2.05, 4.69) is 47.8 Å². The molecule has 0 amide bonds. The number of benzene rings is 2. The number of ether oxygens (including phenoxy) is 1. The first kappa shape index (κ1) is 23.0. The molecule has 0 saturated carbocycles. The molecule has 0 atom stereocenters. The van der Waals surface area contributed by atoms with Gasteiger partial charge in [-0.1, -0.05) is 42.5 Å². The SMILES string of the molecule is Cl.O=C(O)CCNCCc1ccc(OCCCCCc2ccccc2)cc1. The van der Waals surface area contributed by atoms with Gasteiger partial charge in [0.05, 0.1) is 13.0 Å². The van der Waals surface area contributed by atoms with Gasteiger partial charge in [-0.3, -0.25) is 4.79 Å². The Balaban J connectivity index is 0.00000364. The molecule has 0 fully saturated rings. The molecule has 0 spiro atoms. The van der Waals surface area contributed by atoms with Crippen LogP contribution >= 0.6 is 12.4 Å². The van der Waals surface area contributed by atoms with Crippen molar-refractivity contribution in [2.45, 2.75) is 38.5 Å². The van der Waals surface area contributed by atoms with Gasteiger partial charge in [0.15, 0.2) is 0 Å². The monoisotopic (exact) mass is 391 g/mol. The molecule has 0 aliphatic carbocycles. The lowest BCUT2D eigenvalue weighted by atomic mass is 10.1. The van der Waals surface area contributed by atoms with Crippen LogP contribution in [0.2, 0.25) is 0 Å². The molecule has 148 valence electrons. The maximum atomic E-state index is 10.4. The van der Waals surface area contributed by atoms with E-state index in [1.165, 1.54) is 24.0 Å². The summed E-state index contributed by atoms with van der Waals surface area (Å²) >= 11 is 0. The van der Waals surface area contributed by atoms with Crippen molar-refractivity contribution in [1.29, 1.82) is 0 Å². The summed E-state index contributed by atoms with van der Waals surface area (Å²) in [5.41, 5.74) is 2.63. The van der Waals surface area contributed by atoms with E-state index in [9.17, 15) is 4.79 Å². The number of carboxylic acids is 1. The van der Waals surface area contributed by atoms with Crippen molar-refractivity contribution in [1.82, 2.24) is 5.32 Å². The van der Waals surface area contributed by atoms with E-state index in [1.54, 1.807) is 0 Å². The van der Waals surface area contributed by atoms with Crippen LogP contribution in [0.3, 0.4) is 0 Å². The minimum absolute atomic E-state index is 0. The maximum absolute atomic E-state index is 10.4. The van der Waals surface area contributed by atoms with Crippen LogP contribution in [0.15, 0.2) is 54.6 Å². The number of unbranched alkanes of at least 4 members (excludes halogenated alkanes) is 2. The first-order valence-corrected chi connectivity index (χ1v) is 9.42. The molecule has 0 aliphatic heterocycles. The Kier molecular flexibility index (Phi) is 12.0. The smallest absolute Gasteiger partial charge is 0.304 e. The molecular weight excluding hydrogens is 362 g/mol. The van der Waals surface area contributed by atoms with Crippen LogP contribution in [-0.2, 0) is 17.6 Å². The molecule has 0 bridgehead atoms. The van der Waals surface area contributed by atoms with E-state index in [1.807, 2.05) is 12.1 Å². The fourth-order valence-corrected chi connectivity index (χ4v) is 2.75. The van der Waals surface area contributed by atoms with Gasteiger partial charge in [0.25, 0.3) is 0 Å². The number of rotatable bonds is 13. The van der Waals surface area contributed by atoms with Crippen LogP contribution in [0.25, 0.3) is 0 Å². The van der Waals surface area contributed by atoms with E-state index < -0.39 is 5.97 Å². The lowest BCUT2D eigenvalue weighted by Gasteiger charge is -2.08. The Morgan fingerprint density at radius 2 is 1.56 bits per heavy atom. The van der Waals surface area contributed by atoms with Crippen molar-refractivity contribution in [2.24, 2.45) is 0 Å². The number of carboxylic acid groups (broad SMARTS) is 1. The number of aliphatic carboxylic acids is 1. The van der Waals surface area contributed by atoms with E-state index in [0.29, 0.717) is 6.54 Å². The van der Waals surface area contributed by atoms with E-state index in [-0.39, 0.29) is 18.8 Å². The highest BCUT2D eigenvalue weighted by molar-refractivity contribution is 5.85. The Hall–Kier alpha value is -2.04. The fourth-order valence-electron chi connectivity index (χ4n) is 2.75. The Bertz CT molecular complexity index is 632. The van der Waals surface area contributed by atoms with Gasteiger partial charge in [0.2, 0.25) is 0 Å². The van der Waals surface area contributed by atoms with Crippen molar-refractivity contribution in [3.8, 4) is 5.75 Å². The molecule has 0 radical (unpaired) electrons. The molecule has 4 nitrogen and oxygen atoms in total. The van der Waals surface area contributed by atoms with Crippen LogP contribution in [0.1, 0.15) is 36.8 Å². The second kappa shape index (κ2) is 14.1. The van der Waals surface area contributed by atoms with E-state index in [4.69, 9.17) is 9.84 Å². The highest BCUT2D eigenvalue weighted by atomic mass is 35.5. The molecule has 27 heavy (non-hydrogen) atoms. The minimum Gasteiger partial charge on any atom is -0.494 e. The summed E-state index contributed by atoms with van der Waals surface area (Å²) < 4.78 is 5.80. The fraction of sp³-hybridized carbons (Fsp3) is 0.409. The maximum Gasteiger partial charge on any atom is 0.304 e. The van der Waals surface area contributed by atoms with Gasteiger partial charge in [-0.05, 0) is 61.9 Å². The second-order valence-corrected chi connectivity index (χ2v) is 6.43. The highest BCUT2D eigenvalue weighted by Crippen LogP contribution is 2.13. The zero-order valence-electron chi connectivity index (χ0n) is 15.7. The number of carbonyl (C=O) groups is 1. The Morgan fingerprint density at radius 1 is 0.852 bits per heavy atom. The molecule has 2 aromatic rings. The third kappa shape index (κ3) is 10.6. The average molecular weight is 392 g/mol. The Morgan fingerprint density at radius 3 is 2.26 bits per heavy atom. The standard InChI is InChI=1S/C22H29NO3.ClH/c24-22(25)15-17-23-16-14-20-10-12-21(13-11-20)26-18-6-2-5-9-19-7-3-1-4-8-19;/h1,3-4,7-8,10-13,23H,2,5-6,9,14-18H2,(H,24,25);1H. The molecule has 2 rings (SSSR count). The largest absolute Gasteiger partial charge is 0.494 e. The van der Waals surface area contributed by atoms with Crippen LogP contribution in [0.4, 0.5) is 0 Å². The van der Waals surface area contributed by atoms with Crippen LogP contribution in [0.5, 0.6) is 5.75 Å². The van der Waals surface area contributed by atoms with Crippen molar-refractivity contribution >= 4 is 18.4 Å². The summed E-state index contributed by atoms with van der Waals surface area (Å²) in [6.45, 7) is 2.06. The van der Waals surface area contributed by atoms with Crippen molar-refractivity contribution < 1.29 is 14.6 Å². The first-order valence-electron chi connectivity index (χ1n) is 9.42. The lowest BCUT2D eigenvalue weighted by Crippen LogP contribution is -2.20. The van der Waals surface area contributed by atoms with Gasteiger partial charge in [-0.2, -0.15) is 0 Å². The summed E-state index contributed by atoms with van der Waals surface area (Å²) in [5, 5.41) is 11.7. The molecule has 2 N–H and O–H groups in total. The van der Waals surface area contributed by atoms with Gasteiger partial charge in [-0.25, -0.2) is 0 Å². The zero-order valence-corrected chi connectivity index (χ0v) is 16.5. The third-order valence-corrected chi connectivity index (χ3v) is 4.25. The van der Waals surface area contributed by atoms with E-state index >= 15 is 0 Å². The van der Waals surface area contributed by atoms with Gasteiger partial charge in [-0.15, -0.1) is 12.4 Å². The summed E-state index contributed by atoms with van der Waals surface area (Å²) in [7, 11) is 0. The molecule has 0 aromatic heterocycles. The van der Waals surface area contributed by atoms with Crippen molar-refractivity contribution in [3.05, 3.63) is 65.7 Å². The summed E-state index contributed by atoms with van der Waals surface area (Å²) in [6.07, 6.45) is 5.63. The predicted octanol–water partition coefficient (Wildman–Crippen LogP) is 4.51. The van der Waals surface area contributed by atoms with Gasteiger partial charge in [0.1, 0.15) is 5.75 Å². The first-order chi connectivity index (χ1) is 12.7. The molecule has 2 aromatic carbocycles. The third-order valence-electron chi connectivity index (χ3n) is 4.25. The number of hydrogen-bond acceptors (Lipinski definition) is 3. The van der Waals surface area contributed by atoms with Crippen LogP contribution in [-0.4, -0.2) is 30.8 Å². The number of halogens is 1. The highest BCUT2D eigenvalue weighted by Gasteiger charge is 1.99. The summed E-state index contributed by atoms with van der Waals surface area (Å²) in [5.74, 6) is 0.148.